The van der Waals surface area contributed by atoms with Crippen LogP contribution in [0.4, 0.5) is 0 Å². The van der Waals surface area contributed by atoms with E-state index in [4.69, 9.17) is 10.6 Å². The molecule has 0 aliphatic heterocycles. The SMILES string of the molecule is C=CCCCC(NN)C(CC)OC. The van der Waals surface area contributed by atoms with E-state index < -0.39 is 0 Å². The van der Waals surface area contributed by atoms with Gasteiger partial charge in [0.15, 0.2) is 0 Å². The fraction of sp³-hybridized carbons (Fsp3) is 0.800. The van der Waals surface area contributed by atoms with E-state index in [1.807, 2.05) is 6.08 Å². The van der Waals surface area contributed by atoms with E-state index in [2.05, 4.69) is 18.9 Å². The minimum Gasteiger partial charge on any atom is -0.380 e. The van der Waals surface area contributed by atoms with Crippen LogP contribution in [-0.4, -0.2) is 19.3 Å². The van der Waals surface area contributed by atoms with E-state index in [9.17, 15) is 0 Å². The smallest absolute Gasteiger partial charge is 0.0735 e. The summed E-state index contributed by atoms with van der Waals surface area (Å²) in [5.74, 6) is 5.45. The fourth-order valence-electron chi connectivity index (χ4n) is 1.47. The fourth-order valence-corrected chi connectivity index (χ4v) is 1.47. The molecule has 0 spiro atoms. The Kier molecular flexibility index (Phi) is 7.99. The Morgan fingerprint density at radius 3 is 2.69 bits per heavy atom. The monoisotopic (exact) mass is 186 g/mol. The van der Waals surface area contributed by atoms with E-state index in [1.54, 1.807) is 7.11 Å². The predicted octanol–water partition coefficient (Wildman–Crippen LogP) is 1.60. The topological polar surface area (TPSA) is 47.3 Å². The minimum atomic E-state index is 0.217. The molecule has 0 aromatic heterocycles. The van der Waals surface area contributed by atoms with Crippen molar-refractivity contribution in [2.75, 3.05) is 7.11 Å². The van der Waals surface area contributed by atoms with Crippen molar-refractivity contribution in [2.45, 2.75) is 44.8 Å². The third-order valence-electron chi connectivity index (χ3n) is 2.29. The summed E-state index contributed by atoms with van der Waals surface area (Å²) in [6.45, 7) is 5.79. The van der Waals surface area contributed by atoms with Crippen molar-refractivity contribution in [3.8, 4) is 0 Å². The van der Waals surface area contributed by atoms with Crippen molar-refractivity contribution in [1.82, 2.24) is 5.43 Å². The lowest BCUT2D eigenvalue weighted by Gasteiger charge is -2.24. The highest BCUT2D eigenvalue weighted by Gasteiger charge is 2.16. The van der Waals surface area contributed by atoms with Gasteiger partial charge in [-0.05, 0) is 25.7 Å². The number of hydrogen-bond donors (Lipinski definition) is 2. The van der Waals surface area contributed by atoms with Crippen molar-refractivity contribution in [2.24, 2.45) is 5.84 Å². The first-order valence-corrected chi connectivity index (χ1v) is 4.89. The lowest BCUT2D eigenvalue weighted by Crippen LogP contribution is -2.44. The Hall–Kier alpha value is -0.380. The molecule has 0 saturated heterocycles. The molecule has 0 amide bonds. The third kappa shape index (κ3) is 5.03. The molecule has 3 nitrogen and oxygen atoms in total. The van der Waals surface area contributed by atoms with Crippen molar-refractivity contribution >= 4 is 0 Å². The quantitative estimate of drug-likeness (QED) is 0.262. The van der Waals surface area contributed by atoms with Crippen LogP contribution in [0.5, 0.6) is 0 Å². The molecule has 0 aromatic carbocycles. The van der Waals surface area contributed by atoms with Crippen LogP contribution in [-0.2, 0) is 4.74 Å². The molecule has 0 saturated carbocycles. The first kappa shape index (κ1) is 12.6. The number of methoxy groups -OCH3 is 1. The molecule has 0 aliphatic rings. The van der Waals surface area contributed by atoms with Crippen molar-refractivity contribution in [3.05, 3.63) is 12.7 Å². The molecule has 13 heavy (non-hydrogen) atoms. The number of allylic oxidation sites excluding steroid dienone is 1. The van der Waals surface area contributed by atoms with Crippen LogP contribution in [0.3, 0.4) is 0 Å². The first-order chi connectivity index (χ1) is 6.29. The Morgan fingerprint density at radius 2 is 2.31 bits per heavy atom. The maximum absolute atomic E-state index is 5.45. The molecule has 0 fully saturated rings. The van der Waals surface area contributed by atoms with Gasteiger partial charge in [-0.25, -0.2) is 0 Å². The second-order valence-corrected chi connectivity index (χ2v) is 3.18. The average molecular weight is 186 g/mol. The average Bonchev–Trinajstić information content (AvgIpc) is 2.17. The standard InChI is InChI=1S/C10H22N2O/c1-4-6-7-8-9(12-11)10(5-2)13-3/h4,9-10,12H,1,5-8,11H2,2-3H3. The van der Waals surface area contributed by atoms with Crippen LogP contribution in [0.25, 0.3) is 0 Å². The highest BCUT2D eigenvalue weighted by atomic mass is 16.5. The zero-order valence-corrected chi connectivity index (χ0v) is 8.75. The van der Waals surface area contributed by atoms with E-state index in [0.717, 1.165) is 25.7 Å². The number of unbranched alkanes of at least 4 members (excludes halogenated alkanes) is 1. The molecule has 3 N–H and O–H groups in total. The normalized spacial score (nSPS) is 15.3. The molecular weight excluding hydrogens is 164 g/mol. The van der Waals surface area contributed by atoms with Crippen LogP contribution in [0.2, 0.25) is 0 Å². The Morgan fingerprint density at radius 1 is 1.62 bits per heavy atom. The van der Waals surface area contributed by atoms with Gasteiger partial charge in [-0.2, -0.15) is 0 Å². The van der Waals surface area contributed by atoms with Crippen LogP contribution in [0, 0.1) is 0 Å². The van der Waals surface area contributed by atoms with Crippen molar-refractivity contribution < 1.29 is 4.74 Å². The van der Waals surface area contributed by atoms with Crippen LogP contribution < -0.4 is 11.3 Å². The van der Waals surface area contributed by atoms with E-state index in [1.165, 1.54) is 0 Å². The molecule has 0 rings (SSSR count). The number of ether oxygens (including phenoxy) is 1. The molecule has 0 radical (unpaired) electrons. The number of hydrazine groups is 1. The molecule has 0 aromatic rings. The number of nitrogens with one attached hydrogen (secondary N) is 1. The highest BCUT2D eigenvalue weighted by Crippen LogP contribution is 2.09. The Bertz CT molecular complexity index is 124. The molecule has 2 unspecified atom stereocenters. The van der Waals surface area contributed by atoms with Gasteiger partial charge < -0.3 is 4.74 Å². The Balaban J connectivity index is 3.77. The molecule has 0 bridgehead atoms. The highest BCUT2D eigenvalue weighted by molar-refractivity contribution is 4.75. The molecule has 78 valence electrons. The van der Waals surface area contributed by atoms with Gasteiger partial charge in [-0.3, -0.25) is 11.3 Å². The van der Waals surface area contributed by atoms with E-state index >= 15 is 0 Å². The first-order valence-electron chi connectivity index (χ1n) is 4.89. The van der Waals surface area contributed by atoms with Gasteiger partial charge in [0, 0.05) is 13.2 Å². The van der Waals surface area contributed by atoms with Gasteiger partial charge in [0.2, 0.25) is 0 Å². The molecule has 0 heterocycles. The summed E-state index contributed by atoms with van der Waals surface area (Å²) in [7, 11) is 1.73. The molecule has 0 aliphatic carbocycles. The van der Waals surface area contributed by atoms with Gasteiger partial charge in [0.05, 0.1) is 6.10 Å². The largest absolute Gasteiger partial charge is 0.380 e. The minimum absolute atomic E-state index is 0.217. The zero-order chi connectivity index (χ0) is 10.1. The van der Waals surface area contributed by atoms with Crippen molar-refractivity contribution in [1.29, 1.82) is 0 Å². The maximum Gasteiger partial charge on any atom is 0.0735 e. The van der Waals surface area contributed by atoms with Crippen molar-refractivity contribution in [3.63, 3.8) is 0 Å². The lowest BCUT2D eigenvalue weighted by atomic mass is 10.0. The summed E-state index contributed by atoms with van der Waals surface area (Å²) in [5, 5.41) is 0. The second kappa shape index (κ2) is 8.23. The van der Waals surface area contributed by atoms with E-state index in [-0.39, 0.29) is 12.1 Å². The van der Waals surface area contributed by atoms with Crippen LogP contribution in [0.1, 0.15) is 32.6 Å². The second-order valence-electron chi connectivity index (χ2n) is 3.18. The zero-order valence-electron chi connectivity index (χ0n) is 8.75. The van der Waals surface area contributed by atoms with Gasteiger partial charge in [-0.15, -0.1) is 6.58 Å². The van der Waals surface area contributed by atoms with Crippen LogP contribution in [0.15, 0.2) is 12.7 Å². The summed E-state index contributed by atoms with van der Waals surface area (Å²) in [4.78, 5) is 0. The molecule has 2 atom stereocenters. The van der Waals surface area contributed by atoms with Gasteiger partial charge in [-0.1, -0.05) is 13.0 Å². The van der Waals surface area contributed by atoms with Gasteiger partial charge in [0.25, 0.3) is 0 Å². The molecular formula is C10H22N2O. The van der Waals surface area contributed by atoms with Crippen LogP contribution >= 0.6 is 0 Å². The predicted molar refractivity (Wildman–Crippen MR) is 56.2 cm³/mol. The Labute approximate surface area is 81.3 Å². The third-order valence-corrected chi connectivity index (χ3v) is 2.29. The summed E-state index contributed by atoms with van der Waals surface area (Å²) in [6, 6.07) is 0.259. The summed E-state index contributed by atoms with van der Waals surface area (Å²) >= 11 is 0. The van der Waals surface area contributed by atoms with Gasteiger partial charge >= 0.3 is 0 Å². The van der Waals surface area contributed by atoms with E-state index in [0.29, 0.717) is 0 Å². The maximum atomic E-state index is 5.45. The number of hydrogen-bond acceptors (Lipinski definition) is 3. The summed E-state index contributed by atoms with van der Waals surface area (Å²) in [6.07, 6.45) is 6.32. The van der Waals surface area contributed by atoms with Gasteiger partial charge in [0.1, 0.15) is 0 Å². The lowest BCUT2D eigenvalue weighted by molar-refractivity contribution is 0.0619. The summed E-state index contributed by atoms with van der Waals surface area (Å²) in [5.41, 5.74) is 2.80. The summed E-state index contributed by atoms with van der Waals surface area (Å²) < 4.78 is 5.31. The number of rotatable bonds is 8. The number of nitrogens with two attached hydrogens (primary N) is 1. The molecule has 3 heteroatoms.